The van der Waals surface area contributed by atoms with Crippen molar-refractivity contribution in [1.29, 1.82) is 0 Å². The zero-order valence-electron chi connectivity index (χ0n) is 7.54. The first kappa shape index (κ1) is 10.3. The van der Waals surface area contributed by atoms with Crippen molar-refractivity contribution >= 4 is 30.4 Å². The Labute approximate surface area is 85.9 Å². The summed E-state index contributed by atoms with van der Waals surface area (Å²) in [5.74, 6) is 0. The Kier molecular flexibility index (Phi) is 4.00. The number of hydrogen-bond donors (Lipinski definition) is 0. The molecule has 0 amide bonds. The van der Waals surface area contributed by atoms with Crippen molar-refractivity contribution in [3.63, 3.8) is 0 Å². The Hall–Kier alpha value is -0.793. The first-order valence-corrected chi connectivity index (χ1v) is 7.40. The SMILES string of the molecule is C=CC[SiH](Cl)c1ccccc1C=C. The van der Waals surface area contributed by atoms with Crippen LogP contribution in [0, 0.1) is 0 Å². The number of rotatable bonds is 4. The van der Waals surface area contributed by atoms with Crippen molar-refractivity contribution in [2.45, 2.75) is 6.04 Å². The van der Waals surface area contributed by atoms with Gasteiger partial charge in [0, 0.05) is 0 Å². The predicted octanol–water partition coefficient (Wildman–Crippen LogP) is 2.69. The standard InChI is InChI=1S/C11H13ClSi/c1-3-9-13(12)11-8-6-5-7-10(11)4-2/h3-8,13H,1-2,9H2. The third kappa shape index (κ3) is 2.58. The molecule has 1 rings (SSSR count). The topological polar surface area (TPSA) is 0 Å². The molecule has 0 N–H and O–H groups in total. The van der Waals surface area contributed by atoms with Gasteiger partial charge in [-0.2, -0.15) is 11.1 Å². The van der Waals surface area contributed by atoms with Crippen molar-refractivity contribution in [1.82, 2.24) is 0 Å². The highest BCUT2D eigenvalue weighted by atomic mass is 35.6. The Morgan fingerprint density at radius 2 is 2.00 bits per heavy atom. The molecule has 0 radical (unpaired) electrons. The van der Waals surface area contributed by atoms with Crippen LogP contribution in [0.2, 0.25) is 6.04 Å². The minimum Gasteiger partial charge on any atom is -0.165 e. The van der Waals surface area contributed by atoms with Gasteiger partial charge >= 0.3 is 0 Å². The monoisotopic (exact) mass is 208 g/mol. The molecule has 0 spiro atoms. The fraction of sp³-hybridized carbons (Fsp3) is 0.0909. The molecule has 0 aliphatic rings. The smallest absolute Gasteiger partial charge is 0.165 e. The lowest BCUT2D eigenvalue weighted by Crippen LogP contribution is -2.25. The summed E-state index contributed by atoms with van der Waals surface area (Å²) >= 11 is 6.31. The molecule has 0 saturated carbocycles. The zero-order chi connectivity index (χ0) is 9.68. The lowest BCUT2D eigenvalue weighted by molar-refractivity contribution is 1.66. The predicted molar refractivity (Wildman–Crippen MR) is 64.2 cm³/mol. The third-order valence-electron chi connectivity index (χ3n) is 1.93. The van der Waals surface area contributed by atoms with E-state index in [2.05, 4.69) is 19.2 Å². The molecule has 0 aromatic heterocycles. The van der Waals surface area contributed by atoms with Gasteiger partial charge in [0.05, 0.1) is 0 Å². The lowest BCUT2D eigenvalue weighted by Gasteiger charge is -2.08. The molecular formula is C11H13ClSi. The van der Waals surface area contributed by atoms with E-state index in [0.29, 0.717) is 0 Å². The highest BCUT2D eigenvalue weighted by Crippen LogP contribution is 2.06. The molecular weight excluding hydrogens is 196 g/mol. The summed E-state index contributed by atoms with van der Waals surface area (Å²) in [4.78, 5) is 0. The van der Waals surface area contributed by atoms with Crippen molar-refractivity contribution < 1.29 is 0 Å². The normalized spacial score (nSPS) is 12.1. The van der Waals surface area contributed by atoms with Gasteiger partial charge in [0.25, 0.3) is 0 Å². The van der Waals surface area contributed by atoms with Crippen LogP contribution in [0.4, 0.5) is 0 Å². The van der Waals surface area contributed by atoms with Gasteiger partial charge in [-0.3, -0.25) is 0 Å². The fourth-order valence-electron chi connectivity index (χ4n) is 1.26. The van der Waals surface area contributed by atoms with Gasteiger partial charge in [-0.25, -0.2) is 0 Å². The van der Waals surface area contributed by atoms with Gasteiger partial charge < -0.3 is 0 Å². The van der Waals surface area contributed by atoms with Crippen LogP contribution in [0.5, 0.6) is 0 Å². The van der Waals surface area contributed by atoms with Crippen molar-refractivity contribution in [2.24, 2.45) is 0 Å². The van der Waals surface area contributed by atoms with Crippen molar-refractivity contribution in [2.75, 3.05) is 0 Å². The minimum absolute atomic E-state index is 0.923. The summed E-state index contributed by atoms with van der Waals surface area (Å²) in [7, 11) is -1.33. The number of hydrogen-bond acceptors (Lipinski definition) is 0. The van der Waals surface area contributed by atoms with Crippen LogP contribution in [0.1, 0.15) is 5.56 Å². The van der Waals surface area contributed by atoms with Gasteiger partial charge in [-0.1, -0.05) is 43.0 Å². The molecule has 0 bridgehead atoms. The number of benzene rings is 1. The Bertz CT molecular complexity index is 307. The summed E-state index contributed by atoms with van der Waals surface area (Å²) in [6.07, 6.45) is 3.75. The second-order valence-corrected chi connectivity index (χ2v) is 6.43. The van der Waals surface area contributed by atoms with Crippen LogP contribution in [-0.4, -0.2) is 8.11 Å². The summed E-state index contributed by atoms with van der Waals surface area (Å²) in [5.41, 5.74) is 1.16. The maximum absolute atomic E-state index is 6.31. The summed E-state index contributed by atoms with van der Waals surface area (Å²) in [6, 6.07) is 9.09. The van der Waals surface area contributed by atoms with E-state index in [4.69, 9.17) is 11.1 Å². The average Bonchev–Trinajstić information content (AvgIpc) is 2.18. The largest absolute Gasteiger partial charge is 0.175 e. The molecule has 68 valence electrons. The van der Waals surface area contributed by atoms with Crippen molar-refractivity contribution in [3.05, 3.63) is 49.1 Å². The second-order valence-electron chi connectivity index (χ2n) is 2.82. The van der Waals surface area contributed by atoms with Crippen LogP contribution >= 0.6 is 11.1 Å². The molecule has 0 nitrogen and oxygen atoms in total. The van der Waals surface area contributed by atoms with E-state index in [0.717, 1.165) is 11.6 Å². The molecule has 0 aliphatic heterocycles. The highest BCUT2D eigenvalue weighted by Gasteiger charge is 2.10. The van der Waals surface area contributed by atoms with Crippen molar-refractivity contribution in [3.8, 4) is 0 Å². The van der Waals surface area contributed by atoms with Gasteiger partial charge in [0.2, 0.25) is 0 Å². The van der Waals surface area contributed by atoms with E-state index in [-0.39, 0.29) is 0 Å². The van der Waals surface area contributed by atoms with E-state index in [1.165, 1.54) is 5.19 Å². The van der Waals surface area contributed by atoms with Crippen LogP contribution in [0.15, 0.2) is 43.5 Å². The third-order valence-corrected chi connectivity index (χ3v) is 5.11. The van der Waals surface area contributed by atoms with Gasteiger partial charge in [0.1, 0.15) is 0 Å². The molecule has 1 unspecified atom stereocenters. The van der Waals surface area contributed by atoms with E-state index < -0.39 is 8.11 Å². The molecule has 1 atom stereocenters. The summed E-state index contributed by atoms with van der Waals surface area (Å²) in [6.45, 7) is 7.48. The van der Waals surface area contributed by atoms with Crippen LogP contribution < -0.4 is 5.19 Å². The molecule has 1 aromatic carbocycles. The molecule has 13 heavy (non-hydrogen) atoms. The molecule has 0 saturated heterocycles. The fourth-order valence-corrected chi connectivity index (χ4v) is 3.67. The Balaban J connectivity index is 2.97. The van der Waals surface area contributed by atoms with E-state index in [1.807, 2.05) is 30.4 Å². The molecule has 2 heteroatoms. The molecule has 0 fully saturated rings. The lowest BCUT2D eigenvalue weighted by atomic mass is 10.2. The van der Waals surface area contributed by atoms with Gasteiger partial charge in [-0.15, -0.1) is 6.58 Å². The average molecular weight is 209 g/mol. The number of allylic oxidation sites excluding steroid dienone is 1. The first-order chi connectivity index (χ1) is 6.29. The van der Waals surface area contributed by atoms with Crippen LogP contribution in [-0.2, 0) is 0 Å². The maximum atomic E-state index is 6.31. The van der Waals surface area contributed by atoms with E-state index in [1.54, 1.807) is 0 Å². The highest BCUT2D eigenvalue weighted by molar-refractivity contribution is 7.14. The van der Waals surface area contributed by atoms with Gasteiger partial charge in [-0.05, 0) is 16.8 Å². The van der Waals surface area contributed by atoms with Crippen LogP contribution in [0.3, 0.4) is 0 Å². The quantitative estimate of drug-likeness (QED) is 0.406. The molecule has 0 aliphatic carbocycles. The maximum Gasteiger partial charge on any atom is 0.175 e. The Morgan fingerprint density at radius 1 is 1.31 bits per heavy atom. The first-order valence-electron chi connectivity index (χ1n) is 4.26. The summed E-state index contributed by atoms with van der Waals surface area (Å²) < 4.78 is 0. The molecule has 0 heterocycles. The van der Waals surface area contributed by atoms with Gasteiger partial charge in [0.15, 0.2) is 8.11 Å². The van der Waals surface area contributed by atoms with E-state index in [9.17, 15) is 0 Å². The molecule has 1 aromatic rings. The Morgan fingerprint density at radius 3 is 2.62 bits per heavy atom. The van der Waals surface area contributed by atoms with Crippen LogP contribution in [0.25, 0.3) is 6.08 Å². The van der Waals surface area contributed by atoms with E-state index >= 15 is 0 Å². The zero-order valence-corrected chi connectivity index (χ0v) is 9.45. The summed E-state index contributed by atoms with van der Waals surface area (Å²) in [5, 5.41) is 1.26. The number of halogens is 1. The second kappa shape index (κ2) is 5.05. The minimum atomic E-state index is -1.33.